The third-order valence-corrected chi connectivity index (χ3v) is 5.27. The lowest BCUT2D eigenvalue weighted by Crippen LogP contribution is -2.12. The number of para-hydroxylation sites is 2. The summed E-state index contributed by atoms with van der Waals surface area (Å²) in [6.07, 6.45) is -9.40. The minimum Gasteiger partial charge on any atom is -0.278 e. The fourth-order valence-electron chi connectivity index (χ4n) is 2.73. The zero-order valence-electron chi connectivity index (χ0n) is 13.6. The summed E-state index contributed by atoms with van der Waals surface area (Å²) in [6.45, 7) is 0. The number of hydrogen-bond donors (Lipinski definition) is 2. The van der Waals surface area contributed by atoms with Crippen molar-refractivity contribution in [3.63, 3.8) is 0 Å². The highest BCUT2D eigenvalue weighted by Gasteiger charge is 2.36. The van der Waals surface area contributed by atoms with E-state index < -0.39 is 23.5 Å². The van der Waals surface area contributed by atoms with Crippen molar-refractivity contribution in [1.29, 1.82) is 0 Å². The van der Waals surface area contributed by atoms with Crippen LogP contribution in [0.4, 0.5) is 26.3 Å². The van der Waals surface area contributed by atoms with Gasteiger partial charge in [0.2, 0.25) is 0 Å². The van der Waals surface area contributed by atoms with E-state index >= 15 is 0 Å². The van der Waals surface area contributed by atoms with Gasteiger partial charge in [0.1, 0.15) is 10.1 Å². The largest absolute Gasteiger partial charge is 0.418 e. The van der Waals surface area contributed by atoms with E-state index in [1.807, 2.05) is 0 Å². The van der Waals surface area contributed by atoms with Crippen molar-refractivity contribution < 1.29 is 26.3 Å². The molecule has 0 N–H and O–H groups in total. The average Bonchev–Trinajstić information content (AvgIpc) is 2.82. The summed E-state index contributed by atoms with van der Waals surface area (Å²) in [5, 5.41) is -0.246. The van der Waals surface area contributed by atoms with E-state index in [2.05, 4.69) is 25.3 Å². The Hall–Kier alpha value is -1.85. The Balaban J connectivity index is 2.36. The smallest absolute Gasteiger partial charge is 0.278 e. The highest BCUT2D eigenvalue weighted by molar-refractivity contribution is 7.83. The molecule has 0 aliphatic heterocycles. The van der Waals surface area contributed by atoms with Crippen LogP contribution in [-0.4, -0.2) is 9.13 Å². The topological polar surface area (TPSA) is 9.86 Å². The first-order valence-corrected chi connectivity index (χ1v) is 8.83. The molecule has 0 unspecified atom stereocenters. The number of rotatable bonds is 2. The number of hydrogen-bond acceptors (Lipinski definition) is 3. The molecule has 28 heavy (non-hydrogen) atoms. The van der Waals surface area contributed by atoms with Crippen LogP contribution in [0.2, 0.25) is 0 Å². The summed E-state index contributed by atoms with van der Waals surface area (Å²) in [4.78, 5) is 0. The van der Waals surface area contributed by atoms with Crippen LogP contribution in [0.1, 0.15) is 11.1 Å². The molecule has 0 fully saturated rings. The highest BCUT2D eigenvalue weighted by atomic mass is 32.1. The monoisotopic (exact) mass is 452 g/mol. The summed E-state index contributed by atoms with van der Waals surface area (Å²) < 4.78 is 82.0. The van der Waals surface area contributed by atoms with Crippen LogP contribution in [0.3, 0.4) is 0 Å². The molecule has 3 rings (SSSR count). The van der Waals surface area contributed by atoms with Crippen LogP contribution in [0, 0.1) is 4.77 Å². The van der Waals surface area contributed by atoms with Crippen molar-refractivity contribution in [1.82, 2.24) is 9.13 Å². The third kappa shape index (κ3) is 3.58. The van der Waals surface area contributed by atoms with E-state index in [0.717, 1.165) is 33.4 Å². The molecule has 0 amide bonds. The van der Waals surface area contributed by atoms with Gasteiger partial charge < -0.3 is 0 Å². The first-order valence-electron chi connectivity index (χ1n) is 7.53. The van der Waals surface area contributed by atoms with Gasteiger partial charge in [-0.2, -0.15) is 26.3 Å². The van der Waals surface area contributed by atoms with Crippen molar-refractivity contribution in [3.05, 3.63) is 64.4 Å². The second-order valence-electron chi connectivity index (χ2n) is 5.63. The third-order valence-electron chi connectivity index (χ3n) is 3.91. The van der Waals surface area contributed by atoms with Gasteiger partial charge in [0, 0.05) is 0 Å². The number of alkyl halides is 6. The zero-order valence-corrected chi connectivity index (χ0v) is 16.2. The van der Waals surface area contributed by atoms with Gasteiger partial charge in [-0.25, -0.2) is 0 Å². The Labute approximate surface area is 171 Å². The first-order chi connectivity index (χ1) is 12.9. The predicted molar refractivity (Wildman–Crippen MR) is 100 cm³/mol. The van der Waals surface area contributed by atoms with Gasteiger partial charge in [-0.15, -0.1) is 25.3 Å². The molecule has 2 nitrogen and oxygen atoms in total. The maximum atomic E-state index is 13.4. The number of halogens is 6. The molecule has 0 atom stereocenters. The molecule has 2 aromatic carbocycles. The maximum Gasteiger partial charge on any atom is 0.418 e. The molecule has 11 heteroatoms. The van der Waals surface area contributed by atoms with E-state index in [-0.39, 0.29) is 26.2 Å². The average molecular weight is 452 g/mol. The fraction of sp³-hybridized carbons (Fsp3) is 0.118. The molecule has 3 aromatic rings. The quantitative estimate of drug-likeness (QED) is 0.253. The normalized spacial score (nSPS) is 12.4. The van der Waals surface area contributed by atoms with Gasteiger partial charge in [0.15, 0.2) is 4.77 Å². The molecule has 1 heterocycles. The molecule has 0 aliphatic rings. The summed E-state index contributed by atoms with van der Waals surface area (Å²) in [5.74, 6) is 0. The molecular formula is C17H10F6N2S3. The zero-order chi connectivity index (χ0) is 20.9. The number of aromatic nitrogens is 2. The number of nitrogens with zero attached hydrogens (tertiary/aromatic N) is 2. The Morgan fingerprint density at radius 3 is 1.29 bits per heavy atom. The van der Waals surface area contributed by atoms with Crippen molar-refractivity contribution in [2.24, 2.45) is 0 Å². The lowest BCUT2D eigenvalue weighted by Gasteiger charge is -2.15. The second kappa shape index (κ2) is 7.20. The number of benzene rings is 2. The predicted octanol–water partition coefficient (Wildman–Crippen LogP) is 6.61. The first kappa shape index (κ1) is 20.9. The van der Waals surface area contributed by atoms with Crippen molar-refractivity contribution in [3.8, 4) is 11.4 Å². The standard InChI is InChI=1S/C17H10F6N2S3/c18-16(19,20)9-5-1-3-7-11(9)24-13(26)14(27)25(15(24)28)12-8-4-2-6-10(12)17(21,22)23/h1-8,26-27H. The lowest BCUT2D eigenvalue weighted by molar-refractivity contribution is -0.138. The molecule has 0 bridgehead atoms. The Morgan fingerprint density at radius 1 is 0.643 bits per heavy atom. The minimum atomic E-state index is -4.70. The molecular weight excluding hydrogens is 442 g/mol. The van der Waals surface area contributed by atoms with Crippen LogP contribution in [-0.2, 0) is 12.4 Å². The van der Waals surface area contributed by atoms with Crippen LogP contribution >= 0.6 is 37.5 Å². The van der Waals surface area contributed by atoms with Crippen molar-refractivity contribution in [2.75, 3.05) is 0 Å². The van der Waals surface area contributed by atoms with E-state index in [9.17, 15) is 26.3 Å². The number of thiol groups is 2. The minimum absolute atomic E-state index is 0.123. The lowest BCUT2D eigenvalue weighted by atomic mass is 10.1. The molecule has 148 valence electrons. The van der Waals surface area contributed by atoms with E-state index in [4.69, 9.17) is 12.2 Å². The maximum absolute atomic E-state index is 13.4. The number of imidazole rings is 1. The van der Waals surface area contributed by atoms with Gasteiger partial charge in [0.05, 0.1) is 22.5 Å². The summed E-state index contributed by atoms with van der Waals surface area (Å²) in [5.41, 5.74) is -2.72. The van der Waals surface area contributed by atoms with Crippen molar-refractivity contribution >= 4 is 37.5 Å². The molecule has 0 spiro atoms. The fourth-order valence-corrected chi connectivity index (χ4v) is 3.85. The van der Waals surface area contributed by atoms with Crippen molar-refractivity contribution in [2.45, 2.75) is 22.4 Å². The summed E-state index contributed by atoms with van der Waals surface area (Å²) in [6, 6.07) is 9.14. The second-order valence-corrected chi connectivity index (χ2v) is 6.84. The van der Waals surface area contributed by atoms with Gasteiger partial charge >= 0.3 is 12.4 Å². The Morgan fingerprint density at radius 2 is 0.964 bits per heavy atom. The van der Waals surface area contributed by atoms with E-state index in [0.29, 0.717) is 0 Å². The molecule has 0 saturated heterocycles. The summed E-state index contributed by atoms with van der Waals surface area (Å²) >= 11 is 13.6. The van der Waals surface area contributed by atoms with Gasteiger partial charge in [-0.05, 0) is 36.5 Å². The van der Waals surface area contributed by atoms with Crippen LogP contribution < -0.4 is 0 Å². The van der Waals surface area contributed by atoms with Gasteiger partial charge in [0.25, 0.3) is 0 Å². The molecule has 0 radical (unpaired) electrons. The SMILES string of the molecule is FC(F)(F)c1ccccc1-n1c(S)c(S)n(-c2ccccc2C(F)(F)F)c1=S. The molecule has 0 aliphatic carbocycles. The molecule has 1 aromatic heterocycles. The van der Waals surface area contributed by atoms with Crippen LogP contribution in [0.5, 0.6) is 0 Å². The Bertz CT molecular complexity index is 1010. The Kier molecular flexibility index (Phi) is 5.36. The van der Waals surface area contributed by atoms with Crippen LogP contribution in [0.15, 0.2) is 58.6 Å². The van der Waals surface area contributed by atoms with Crippen LogP contribution in [0.25, 0.3) is 11.4 Å². The summed E-state index contributed by atoms with van der Waals surface area (Å²) in [7, 11) is 0. The van der Waals surface area contributed by atoms with E-state index in [1.54, 1.807) is 0 Å². The van der Waals surface area contributed by atoms with Gasteiger partial charge in [-0.1, -0.05) is 24.3 Å². The molecule has 0 saturated carbocycles. The van der Waals surface area contributed by atoms with Gasteiger partial charge in [-0.3, -0.25) is 9.13 Å². The van der Waals surface area contributed by atoms with E-state index in [1.165, 1.54) is 24.3 Å². The highest BCUT2D eigenvalue weighted by Crippen LogP contribution is 2.39.